The van der Waals surface area contributed by atoms with Crippen LogP contribution in [0.4, 0.5) is 11.4 Å². The second-order valence-corrected chi connectivity index (χ2v) is 6.11. The summed E-state index contributed by atoms with van der Waals surface area (Å²) in [6.45, 7) is 3.52. The summed E-state index contributed by atoms with van der Waals surface area (Å²) in [5, 5.41) is 2.84. The normalized spacial score (nSPS) is 13.2. The Morgan fingerprint density at radius 1 is 1.04 bits per heavy atom. The zero-order valence-electron chi connectivity index (χ0n) is 14.1. The van der Waals surface area contributed by atoms with Crippen molar-refractivity contribution in [3.63, 3.8) is 0 Å². The molecule has 3 rings (SSSR count). The van der Waals surface area contributed by atoms with Crippen molar-refractivity contribution in [1.29, 1.82) is 0 Å². The van der Waals surface area contributed by atoms with Gasteiger partial charge in [0.1, 0.15) is 0 Å². The molecule has 0 atom stereocenters. The summed E-state index contributed by atoms with van der Waals surface area (Å²) in [7, 11) is 0. The zero-order chi connectivity index (χ0) is 17.1. The highest BCUT2D eigenvalue weighted by molar-refractivity contribution is 6.06. The molecule has 0 spiro atoms. The average Bonchev–Trinajstić information content (AvgIpc) is 3.11. The Balaban J connectivity index is 0.00000225. The second-order valence-electron chi connectivity index (χ2n) is 6.11. The van der Waals surface area contributed by atoms with E-state index in [0.717, 1.165) is 31.5 Å². The number of nitrogen functional groups attached to an aromatic ring is 1. The number of hydrogen-bond donors (Lipinski definition) is 2. The highest BCUT2D eigenvalue weighted by Crippen LogP contribution is 2.18. The van der Waals surface area contributed by atoms with Crippen molar-refractivity contribution >= 4 is 35.6 Å². The molecule has 2 aromatic carbocycles. The lowest BCUT2D eigenvalue weighted by Crippen LogP contribution is -2.27. The summed E-state index contributed by atoms with van der Waals surface area (Å²) in [5.74, 6) is -0.157. The fourth-order valence-corrected chi connectivity index (χ4v) is 2.88. The van der Waals surface area contributed by atoms with Crippen LogP contribution < -0.4 is 11.1 Å². The van der Waals surface area contributed by atoms with Gasteiger partial charge in [-0.3, -0.25) is 9.59 Å². The van der Waals surface area contributed by atoms with E-state index in [4.69, 9.17) is 5.73 Å². The molecule has 25 heavy (non-hydrogen) atoms. The molecule has 6 heteroatoms. The van der Waals surface area contributed by atoms with Crippen LogP contribution in [0.2, 0.25) is 0 Å². The minimum Gasteiger partial charge on any atom is -0.399 e. The summed E-state index contributed by atoms with van der Waals surface area (Å²) in [4.78, 5) is 26.5. The lowest BCUT2D eigenvalue weighted by atomic mass is 10.1. The van der Waals surface area contributed by atoms with E-state index < -0.39 is 0 Å². The van der Waals surface area contributed by atoms with Crippen molar-refractivity contribution in [2.75, 3.05) is 24.1 Å². The third-order valence-electron chi connectivity index (χ3n) is 4.29. The molecule has 132 valence electrons. The average molecular weight is 360 g/mol. The Hall–Kier alpha value is -2.53. The second kappa shape index (κ2) is 8.03. The van der Waals surface area contributed by atoms with Crippen molar-refractivity contribution < 1.29 is 9.59 Å². The van der Waals surface area contributed by atoms with Gasteiger partial charge in [0.15, 0.2) is 0 Å². The molecule has 0 bridgehead atoms. The predicted octanol–water partition coefficient (Wildman–Crippen LogP) is 3.49. The highest BCUT2D eigenvalue weighted by Gasteiger charge is 2.19. The van der Waals surface area contributed by atoms with Crippen molar-refractivity contribution in [2.24, 2.45) is 0 Å². The van der Waals surface area contributed by atoms with Crippen LogP contribution in [0, 0.1) is 6.92 Å². The smallest absolute Gasteiger partial charge is 0.256 e. The van der Waals surface area contributed by atoms with Gasteiger partial charge in [-0.15, -0.1) is 12.4 Å². The first-order valence-corrected chi connectivity index (χ1v) is 8.11. The third-order valence-corrected chi connectivity index (χ3v) is 4.29. The Labute approximate surface area is 153 Å². The Kier molecular flexibility index (Phi) is 6.04. The number of hydrogen-bond acceptors (Lipinski definition) is 3. The van der Waals surface area contributed by atoms with Gasteiger partial charge in [-0.25, -0.2) is 0 Å². The summed E-state index contributed by atoms with van der Waals surface area (Å²) < 4.78 is 0. The molecule has 0 aliphatic carbocycles. The van der Waals surface area contributed by atoms with Crippen molar-refractivity contribution in [1.82, 2.24) is 4.90 Å². The lowest BCUT2D eigenvalue weighted by Gasteiger charge is -2.15. The van der Waals surface area contributed by atoms with Crippen LogP contribution in [-0.4, -0.2) is 29.8 Å². The fourth-order valence-electron chi connectivity index (χ4n) is 2.88. The molecule has 1 aliphatic heterocycles. The SMILES string of the molecule is Cc1ccc(N)cc1C(=O)Nc1ccc(C(=O)N2CCCC2)cc1.Cl. The largest absolute Gasteiger partial charge is 0.399 e. The number of likely N-dealkylation sites (tertiary alicyclic amines) is 1. The van der Waals surface area contributed by atoms with Gasteiger partial charge in [0, 0.05) is 35.6 Å². The van der Waals surface area contributed by atoms with E-state index in [-0.39, 0.29) is 24.2 Å². The number of halogens is 1. The lowest BCUT2D eigenvalue weighted by molar-refractivity contribution is 0.0792. The van der Waals surface area contributed by atoms with E-state index in [1.54, 1.807) is 36.4 Å². The number of nitrogens with one attached hydrogen (secondary N) is 1. The van der Waals surface area contributed by atoms with Gasteiger partial charge < -0.3 is 16.0 Å². The van der Waals surface area contributed by atoms with Crippen LogP contribution in [0.1, 0.15) is 39.1 Å². The minimum absolute atomic E-state index is 0. The fraction of sp³-hybridized carbons (Fsp3) is 0.263. The number of benzene rings is 2. The van der Waals surface area contributed by atoms with E-state index in [1.807, 2.05) is 17.9 Å². The van der Waals surface area contributed by atoms with Crippen LogP contribution in [-0.2, 0) is 0 Å². The maximum absolute atomic E-state index is 12.4. The Morgan fingerprint density at radius 2 is 1.68 bits per heavy atom. The Bertz CT molecular complexity index is 769. The van der Waals surface area contributed by atoms with Crippen LogP contribution >= 0.6 is 12.4 Å². The zero-order valence-corrected chi connectivity index (χ0v) is 14.9. The van der Waals surface area contributed by atoms with Gasteiger partial charge in [-0.05, 0) is 61.7 Å². The van der Waals surface area contributed by atoms with Crippen LogP contribution in [0.15, 0.2) is 42.5 Å². The first-order valence-electron chi connectivity index (χ1n) is 8.11. The summed E-state index contributed by atoms with van der Waals surface area (Å²) in [6.07, 6.45) is 2.14. The van der Waals surface area contributed by atoms with Gasteiger partial charge in [0.05, 0.1) is 0 Å². The number of rotatable bonds is 3. The molecular formula is C19H22ClN3O2. The topological polar surface area (TPSA) is 75.4 Å². The molecule has 0 saturated carbocycles. The molecule has 1 heterocycles. The number of carbonyl (C=O) groups is 2. The van der Waals surface area contributed by atoms with E-state index in [9.17, 15) is 9.59 Å². The molecule has 1 saturated heterocycles. The van der Waals surface area contributed by atoms with Gasteiger partial charge >= 0.3 is 0 Å². The molecule has 2 amide bonds. The molecular weight excluding hydrogens is 338 g/mol. The monoisotopic (exact) mass is 359 g/mol. The molecule has 2 aromatic rings. The Morgan fingerprint density at radius 3 is 2.32 bits per heavy atom. The quantitative estimate of drug-likeness (QED) is 0.824. The number of aryl methyl sites for hydroxylation is 1. The van der Waals surface area contributed by atoms with Gasteiger partial charge in [0.25, 0.3) is 11.8 Å². The van der Waals surface area contributed by atoms with E-state index in [2.05, 4.69) is 5.32 Å². The van der Waals surface area contributed by atoms with Crippen LogP contribution in [0.5, 0.6) is 0 Å². The third kappa shape index (κ3) is 4.31. The van der Waals surface area contributed by atoms with E-state index in [0.29, 0.717) is 22.5 Å². The predicted molar refractivity (Wildman–Crippen MR) is 102 cm³/mol. The maximum Gasteiger partial charge on any atom is 0.256 e. The van der Waals surface area contributed by atoms with Crippen LogP contribution in [0.3, 0.4) is 0 Å². The van der Waals surface area contributed by atoms with Gasteiger partial charge in [-0.2, -0.15) is 0 Å². The number of nitrogens with zero attached hydrogens (tertiary/aromatic N) is 1. The van der Waals surface area contributed by atoms with E-state index >= 15 is 0 Å². The van der Waals surface area contributed by atoms with Gasteiger partial charge in [-0.1, -0.05) is 6.07 Å². The number of anilines is 2. The molecule has 1 aliphatic rings. The molecule has 0 radical (unpaired) electrons. The van der Waals surface area contributed by atoms with Crippen molar-refractivity contribution in [2.45, 2.75) is 19.8 Å². The van der Waals surface area contributed by atoms with Crippen molar-refractivity contribution in [3.05, 3.63) is 59.2 Å². The summed E-state index contributed by atoms with van der Waals surface area (Å²) in [6, 6.07) is 12.3. The first kappa shape index (κ1) is 18.8. The first-order chi connectivity index (χ1) is 11.5. The molecule has 1 fully saturated rings. The minimum atomic E-state index is -0.210. The van der Waals surface area contributed by atoms with Gasteiger partial charge in [0.2, 0.25) is 0 Å². The highest BCUT2D eigenvalue weighted by atomic mass is 35.5. The number of carbonyl (C=O) groups excluding carboxylic acids is 2. The molecule has 5 nitrogen and oxygen atoms in total. The molecule has 3 N–H and O–H groups in total. The molecule has 0 aromatic heterocycles. The summed E-state index contributed by atoms with van der Waals surface area (Å²) >= 11 is 0. The van der Waals surface area contributed by atoms with Crippen molar-refractivity contribution in [3.8, 4) is 0 Å². The standard InChI is InChI=1S/C19H21N3O2.ClH/c1-13-4-7-15(20)12-17(13)18(23)21-16-8-5-14(6-9-16)19(24)22-10-2-3-11-22;/h4-9,12H,2-3,10-11,20H2,1H3,(H,21,23);1H. The maximum atomic E-state index is 12.4. The summed E-state index contributed by atoms with van der Waals surface area (Å²) in [5.41, 5.74) is 9.02. The molecule has 0 unspecified atom stereocenters. The van der Waals surface area contributed by atoms with Crippen LogP contribution in [0.25, 0.3) is 0 Å². The van der Waals surface area contributed by atoms with E-state index in [1.165, 1.54) is 0 Å². The number of amides is 2. The number of nitrogens with two attached hydrogens (primary N) is 1.